The van der Waals surface area contributed by atoms with Crippen molar-refractivity contribution >= 4 is 40.0 Å². The molecule has 0 saturated carbocycles. The molecule has 0 amide bonds. The number of aromatic nitrogens is 2. The maximum absolute atomic E-state index is 12.2. The molecule has 0 atom stereocenters. The van der Waals surface area contributed by atoms with Crippen molar-refractivity contribution in [2.75, 3.05) is 19.6 Å². The van der Waals surface area contributed by atoms with Gasteiger partial charge < -0.3 is 15.2 Å². The first-order valence-corrected chi connectivity index (χ1v) is 11.4. The lowest BCUT2D eigenvalue weighted by molar-refractivity contribution is 0.372. The first-order chi connectivity index (χ1) is 14.0. The highest BCUT2D eigenvalue weighted by Gasteiger charge is 2.14. The summed E-state index contributed by atoms with van der Waals surface area (Å²) in [5.41, 5.74) is 0.961. The molecule has 0 fully saturated rings. The Bertz CT molecular complexity index is 869. The minimum Gasteiger partial charge on any atom is -0.359 e. The average Bonchev–Trinajstić information content (AvgIpc) is 3.19. The first kappa shape index (κ1) is 26.3. The van der Waals surface area contributed by atoms with Crippen LogP contribution in [0.4, 0.5) is 0 Å². The SMILES string of the molecule is CCNC(=NCc1cc(C(CC)CC)no1)NCCNS(=O)(=O)c1cccnc1.I. The normalized spacial score (nSPS) is 11.9. The van der Waals surface area contributed by atoms with Crippen LogP contribution in [0, 0.1) is 0 Å². The zero-order valence-corrected chi connectivity index (χ0v) is 20.7. The van der Waals surface area contributed by atoms with Gasteiger partial charge in [0.15, 0.2) is 11.7 Å². The van der Waals surface area contributed by atoms with E-state index in [4.69, 9.17) is 4.52 Å². The Labute approximate surface area is 195 Å². The Balaban J connectivity index is 0.00000450. The van der Waals surface area contributed by atoms with Crippen molar-refractivity contribution < 1.29 is 12.9 Å². The summed E-state index contributed by atoms with van der Waals surface area (Å²) in [4.78, 5) is 8.44. The fraction of sp³-hybridized carbons (Fsp3) is 0.526. The zero-order valence-electron chi connectivity index (χ0n) is 17.6. The van der Waals surface area contributed by atoms with Crippen LogP contribution in [0.5, 0.6) is 0 Å². The summed E-state index contributed by atoms with van der Waals surface area (Å²) in [6.45, 7) is 7.85. The van der Waals surface area contributed by atoms with E-state index < -0.39 is 10.0 Å². The maximum Gasteiger partial charge on any atom is 0.242 e. The van der Waals surface area contributed by atoms with Gasteiger partial charge >= 0.3 is 0 Å². The number of halogens is 1. The van der Waals surface area contributed by atoms with E-state index in [1.165, 1.54) is 18.5 Å². The maximum atomic E-state index is 12.2. The number of sulfonamides is 1. The van der Waals surface area contributed by atoms with Crippen molar-refractivity contribution in [3.8, 4) is 0 Å². The lowest BCUT2D eigenvalue weighted by Gasteiger charge is -2.11. The van der Waals surface area contributed by atoms with Crippen LogP contribution < -0.4 is 15.4 Å². The van der Waals surface area contributed by atoms with E-state index >= 15 is 0 Å². The van der Waals surface area contributed by atoms with Gasteiger partial charge in [-0.3, -0.25) is 4.98 Å². The Morgan fingerprint density at radius 3 is 2.60 bits per heavy atom. The van der Waals surface area contributed by atoms with Crippen LogP contribution in [0.3, 0.4) is 0 Å². The number of guanidine groups is 1. The van der Waals surface area contributed by atoms with E-state index in [-0.39, 0.29) is 35.4 Å². The number of aliphatic imine (C=N–C) groups is 1. The molecular formula is C19H31IN6O3S. The third-order valence-corrected chi connectivity index (χ3v) is 5.82. The summed E-state index contributed by atoms with van der Waals surface area (Å²) in [6.07, 6.45) is 4.88. The molecule has 2 aromatic rings. The standard InChI is InChI=1S/C19H30N6O3S.HI/c1-4-15(5-2)18-12-16(28-25-18)13-23-19(21-6-3)22-10-11-24-29(26,27)17-8-7-9-20-14-17;/h7-9,12,14-15,24H,4-6,10-11,13H2,1-3H3,(H2,21,22,23);1H. The molecule has 0 aliphatic rings. The van der Waals surface area contributed by atoms with Gasteiger partial charge in [-0.1, -0.05) is 19.0 Å². The summed E-state index contributed by atoms with van der Waals surface area (Å²) >= 11 is 0. The van der Waals surface area contributed by atoms with Crippen molar-refractivity contribution in [1.29, 1.82) is 0 Å². The van der Waals surface area contributed by atoms with Crippen LogP contribution in [0.25, 0.3) is 0 Å². The molecule has 0 aliphatic heterocycles. The molecule has 11 heteroatoms. The zero-order chi connectivity index (χ0) is 21.1. The van der Waals surface area contributed by atoms with Crippen LogP contribution in [-0.2, 0) is 16.6 Å². The topological polar surface area (TPSA) is 122 Å². The van der Waals surface area contributed by atoms with Crippen molar-refractivity contribution in [3.05, 3.63) is 42.0 Å². The largest absolute Gasteiger partial charge is 0.359 e. The van der Waals surface area contributed by atoms with Gasteiger partial charge in [-0.2, -0.15) is 0 Å². The Morgan fingerprint density at radius 1 is 1.20 bits per heavy atom. The fourth-order valence-electron chi connectivity index (χ4n) is 2.76. The van der Waals surface area contributed by atoms with Crippen LogP contribution in [0.1, 0.15) is 51.0 Å². The number of nitrogens with one attached hydrogen (secondary N) is 3. The third kappa shape index (κ3) is 8.19. The van der Waals surface area contributed by atoms with E-state index in [0.29, 0.717) is 37.3 Å². The summed E-state index contributed by atoms with van der Waals surface area (Å²) in [5, 5.41) is 10.4. The van der Waals surface area contributed by atoms with Gasteiger partial charge in [0.25, 0.3) is 0 Å². The van der Waals surface area contributed by atoms with Crippen LogP contribution in [0.15, 0.2) is 45.0 Å². The molecule has 2 rings (SSSR count). The number of pyridine rings is 1. The van der Waals surface area contributed by atoms with E-state index in [1.54, 1.807) is 6.07 Å². The second-order valence-corrected chi connectivity index (χ2v) is 8.21. The second kappa shape index (κ2) is 13.5. The van der Waals surface area contributed by atoms with Gasteiger partial charge in [-0.05, 0) is 31.9 Å². The van der Waals surface area contributed by atoms with Crippen LogP contribution >= 0.6 is 24.0 Å². The monoisotopic (exact) mass is 550 g/mol. The minimum atomic E-state index is -3.57. The molecule has 0 unspecified atom stereocenters. The van der Waals surface area contributed by atoms with Gasteiger partial charge in [0.1, 0.15) is 11.4 Å². The van der Waals surface area contributed by atoms with E-state index in [2.05, 4.69) is 44.3 Å². The molecule has 0 bridgehead atoms. The molecule has 2 aromatic heterocycles. The smallest absolute Gasteiger partial charge is 0.242 e. The van der Waals surface area contributed by atoms with E-state index in [1.807, 2.05) is 13.0 Å². The third-order valence-electron chi connectivity index (χ3n) is 4.37. The molecule has 30 heavy (non-hydrogen) atoms. The van der Waals surface area contributed by atoms with Crippen molar-refractivity contribution in [2.45, 2.75) is 51.0 Å². The second-order valence-electron chi connectivity index (χ2n) is 6.44. The average molecular weight is 550 g/mol. The van der Waals surface area contributed by atoms with E-state index in [0.717, 1.165) is 18.5 Å². The van der Waals surface area contributed by atoms with Crippen LogP contribution in [-0.4, -0.2) is 44.2 Å². The first-order valence-electron chi connectivity index (χ1n) is 9.87. The van der Waals surface area contributed by atoms with Gasteiger partial charge in [0.05, 0.1) is 5.69 Å². The summed E-state index contributed by atoms with van der Waals surface area (Å²) in [7, 11) is -3.57. The molecule has 0 aliphatic carbocycles. The predicted molar refractivity (Wildman–Crippen MR) is 127 cm³/mol. The lowest BCUT2D eigenvalue weighted by Crippen LogP contribution is -2.41. The highest BCUT2D eigenvalue weighted by atomic mass is 127. The minimum absolute atomic E-state index is 0. The Morgan fingerprint density at radius 2 is 1.97 bits per heavy atom. The molecule has 3 N–H and O–H groups in total. The summed E-state index contributed by atoms with van der Waals surface area (Å²) in [5.74, 6) is 1.67. The van der Waals surface area contributed by atoms with Crippen LogP contribution in [0.2, 0.25) is 0 Å². The number of hydrogen-bond acceptors (Lipinski definition) is 6. The highest BCUT2D eigenvalue weighted by molar-refractivity contribution is 14.0. The molecule has 168 valence electrons. The molecule has 0 radical (unpaired) electrons. The van der Waals surface area contributed by atoms with Crippen molar-refractivity contribution in [3.63, 3.8) is 0 Å². The lowest BCUT2D eigenvalue weighted by atomic mass is 9.99. The predicted octanol–water partition coefficient (Wildman–Crippen LogP) is 2.62. The molecule has 0 spiro atoms. The van der Waals surface area contributed by atoms with Gasteiger partial charge in [-0.15, -0.1) is 24.0 Å². The summed E-state index contributed by atoms with van der Waals surface area (Å²) < 4.78 is 32.3. The molecule has 2 heterocycles. The van der Waals surface area contributed by atoms with Gasteiger partial charge in [0.2, 0.25) is 10.0 Å². The Kier molecular flexibility index (Phi) is 11.9. The molecule has 0 saturated heterocycles. The summed E-state index contributed by atoms with van der Waals surface area (Å²) in [6, 6.07) is 5.04. The highest BCUT2D eigenvalue weighted by Crippen LogP contribution is 2.22. The van der Waals surface area contributed by atoms with Crippen molar-refractivity contribution in [1.82, 2.24) is 25.5 Å². The quantitative estimate of drug-likeness (QED) is 0.170. The molecule has 9 nitrogen and oxygen atoms in total. The van der Waals surface area contributed by atoms with Gasteiger partial charge in [0, 0.05) is 44.0 Å². The Hall–Kier alpha value is -1.73. The number of rotatable bonds is 11. The number of hydrogen-bond donors (Lipinski definition) is 3. The molecule has 0 aromatic carbocycles. The number of nitrogens with zero attached hydrogens (tertiary/aromatic N) is 3. The molecular weight excluding hydrogens is 519 g/mol. The van der Waals surface area contributed by atoms with E-state index in [9.17, 15) is 8.42 Å². The van der Waals surface area contributed by atoms with Crippen molar-refractivity contribution in [2.24, 2.45) is 4.99 Å². The fourth-order valence-corrected chi connectivity index (χ4v) is 3.75. The van der Waals surface area contributed by atoms with Gasteiger partial charge in [-0.25, -0.2) is 18.1 Å².